The number of anilines is 1. The molecule has 17 heavy (non-hydrogen) atoms. The summed E-state index contributed by atoms with van der Waals surface area (Å²) in [5, 5.41) is 3.68. The Morgan fingerprint density at radius 3 is 2.65 bits per heavy atom. The van der Waals surface area contributed by atoms with Gasteiger partial charge in [0.2, 0.25) is 0 Å². The minimum absolute atomic E-state index is 0.251. The topological polar surface area (TPSA) is 15.3 Å². The van der Waals surface area contributed by atoms with Crippen LogP contribution in [0.15, 0.2) is 24.3 Å². The van der Waals surface area contributed by atoms with Crippen molar-refractivity contribution in [2.45, 2.75) is 39.2 Å². The van der Waals surface area contributed by atoms with Gasteiger partial charge in [0.05, 0.1) is 0 Å². The second-order valence-electron chi connectivity index (χ2n) is 5.45. The van der Waals surface area contributed by atoms with E-state index in [0.29, 0.717) is 0 Å². The molecule has 1 aromatic carbocycles. The van der Waals surface area contributed by atoms with Crippen LogP contribution in [-0.4, -0.2) is 25.2 Å². The number of rotatable bonds is 2. The Hall–Kier alpha value is -1.02. The maximum absolute atomic E-state index is 3.68. The van der Waals surface area contributed by atoms with Gasteiger partial charge in [0, 0.05) is 24.3 Å². The summed E-state index contributed by atoms with van der Waals surface area (Å²) in [6.45, 7) is 10.1. The Morgan fingerprint density at radius 2 is 2.00 bits per heavy atom. The molecule has 1 saturated heterocycles. The van der Waals surface area contributed by atoms with Gasteiger partial charge in [0.15, 0.2) is 0 Å². The number of aryl methyl sites for hydroxylation is 1. The Kier molecular flexibility index (Phi) is 3.72. The lowest BCUT2D eigenvalue weighted by atomic mass is 9.98. The molecule has 1 aliphatic rings. The summed E-state index contributed by atoms with van der Waals surface area (Å²) in [5.41, 5.74) is 2.94. The van der Waals surface area contributed by atoms with Gasteiger partial charge >= 0.3 is 0 Å². The molecule has 1 aromatic rings. The van der Waals surface area contributed by atoms with E-state index in [1.807, 2.05) is 0 Å². The molecule has 2 nitrogen and oxygen atoms in total. The number of nitrogens with one attached hydrogen (secondary N) is 1. The van der Waals surface area contributed by atoms with Crippen LogP contribution >= 0.6 is 0 Å². The molecule has 0 saturated carbocycles. The Balaban J connectivity index is 2.16. The van der Waals surface area contributed by atoms with E-state index >= 15 is 0 Å². The molecule has 0 radical (unpaired) electrons. The van der Waals surface area contributed by atoms with E-state index in [9.17, 15) is 0 Å². The SMILES string of the molecule is CCC1(C)CN(c2ccc(C)cc2)CCCN1. The van der Waals surface area contributed by atoms with Gasteiger partial charge < -0.3 is 10.2 Å². The Bertz CT molecular complexity index is 358. The van der Waals surface area contributed by atoms with E-state index < -0.39 is 0 Å². The van der Waals surface area contributed by atoms with Gasteiger partial charge in [0.1, 0.15) is 0 Å². The lowest BCUT2D eigenvalue weighted by Gasteiger charge is -2.34. The highest BCUT2D eigenvalue weighted by Crippen LogP contribution is 2.22. The lowest BCUT2D eigenvalue weighted by molar-refractivity contribution is 0.366. The molecule has 1 fully saturated rings. The maximum Gasteiger partial charge on any atom is 0.0367 e. The van der Waals surface area contributed by atoms with E-state index in [1.165, 1.54) is 24.1 Å². The third-order valence-corrected chi connectivity index (χ3v) is 3.88. The fourth-order valence-electron chi connectivity index (χ4n) is 2.43. The zero-order valence-electron chi connectivity index (χ0n) is 11.3. The zero-order valence-corrected chi connectivity index (χ0v) is 11.3. The van der Waals surface area contributed by atoms with E-state index in [4.69, 9.17) is 0 Å². The van der Waals surface area contributed by atoms with Crippen molar-refractivity contribution in [2.24, 2.45) is 0 Å². The highest BCUT2D eigenvalue weighted by Gasteiger charge is 2.27. The number of hydrogen-bond donors (Lipinski definition) is 1. The fourth-order valence-corrected chi connectivity index (χ4v) is 2.43. The van der Waals surface area contributed by atoms with Crippen molar-refractivity contribution in [1.29, 1.82) is 0 Å². The second kappa shape index (κ2) is 5.09. The molecule has 2 rings (SSSR count). The van der Waals surface area contributed by atoms with Crippen molar-refractivity contribution in [1.82, 2.24) is 5.32 Å². The molecule has 0 aliphatic carbocycles. The summed E-state index contributed by atoms with van der Waals surface area (Å²) in [7, 11) is 0. The van der Waals surface area contributed by atoms with Crippen LogP contribution in [0.5, 0.6) is 0 Å². The van der Waals surface area contributed by atoms with Gasteiger partial charge in [-0.2, -0.15) is 0 Å². The molecule has 1 aliphatic heterocycles. The smallest absolute Gasteiger partial charge is 0.0367 e. The summed E-state index contributed by atoms with van der Waals surface area (Å²) >= 11 is 0. The minimum Gasteiger partial charge on any atom is -0.370 e. The molecule has 0 bridgehead atoms. The Morgan fingerprint density at radius 1 is 1.29 bits per heavy atom. The maximum atomic E-state index is 3.68. The molecule has 1 heterocycles. The van der Waals surface area contributed by atoms with Crippen LogP contribution < -0.4 is 10.2 Å². The summed E-state index contributed by atoms with van der Waals surface area (Å²) < 4.78 is 0. The first-order valence-corrected chi connectivity index (χ1v) is 6.70. The molecule has 0 aromatic heterocycles. The predicted molar refractivity (Wildman–Crippen MR) is 74.7 cm³/mol. The van der Waals surface area contributed by atoms with Crippen LogP contribution in [0, 0.1) is 6.92 Å². The van der Waals surface area contributed by atoms with Crippen LogP contribution in [0.1, 0.15) is 32.3 Å². The van der Waals surface area contributed by atoms with E-state index in [2.05, 4.69) is 55.3 Å². The van der Waals surface area contributed by atoms with Crippen molar-refractivity contribution in [3.63, 3.8) is 0 Å². The summed E-state index contributed by atoms with van der Waals surface area (Å²) in [5.74, 6) is 0. The first-order chi connectivity index (χ1) is 8.13. The second-order valence-corrected chi connectivity index (χ2v) is 5.45. The third kappa shape index (κ3) is 3.01. The average molecular weight is 232 g/mol. The van der Waals surface area contributed by atoms with Gasteiger partial charge in [-0.15, -0.1) is 0 Å². The standard InChI is InChI=1S/C15H24N2/c1-4-15(3)12-17(11-5-10-16-15)14-8-6-13(2)7-9-14/h6-9,16H,4-5,10-12H2,1-3H3. The monoisotopic (exact) mass is 232 g/mol. The van der Waals surface area contributed by atoms with Crippen LogP contribution in [0.25, 0.3) is 0 Å². The highest BCUT2D eigenvalue weighted by molar-refractivity contribution is 5.48. The molecule has 1 atom stereocenters. The first-order valence-electron chi connectivity index (χ1n) is 6.70. The largest absolute Gasteiger partial charge is 0.370 e. The Labute approximate surface area is 105 Å². The minimum atomic E-state index is 0.251. The van der Waals surface area contributed by atoms with E-state index in [1.54, 1.807) is 0 Å². The summed E-state index contributed by atoms with van der Waals surface area (Å²) in [6, 6.07) is 8.90. The number of hydrogen-bond acceptors (Lipinski definition) is 2. The van der Waals surface area contributed by atoms with Crippen molar-refractivity contribution in [2.75, 3.05) is 24.5 Å². The summed E-state index contributed by atoms with van der Waals surface area (Å²) in [6.07, 6.45) is 2.40. The number of nitrogens with zero attached hydrogens (tertiary/aromatic N) is 1. The third-order valence-electron chi connectivity index (χ3n) is 3.88. The van der Waals surface area contributed by atoms with Gasteiger partial charge in [-0.05, 0) is 45.4 Å². The van der Waals surface area contributed by atoms with Crippen molar-refractivity contribution < 1.29 is 0 Å². The molecule has 1 unspecified atom stereocenters. The molecule has 2 heteroatoms. The van der Waals surface area contributed by atoms with E-state index in [-0.39, 0.29) is 5.54 Å². The van der Waals surface area contributed by atoms with Crippen molar-refractivity contribution >= 4 is 5.69 Å². The molecular weight excluding hydrogens is 208 g/mol. The van der Waals surface area contributed by atoms with Crippen LogP contribution in [0.2, 0.25) is 0 Å². The normalized spacial score (nSPS) is 25.7. The average Bonchev–Trinajstić information content (AvgIpc) is 2.53. The van der Waals surface area contributed by atoms with Gasteiger partial charge in [-0.1, -0.05) is 24.6 Å². The van der Waals surface area contributed by atoms with Crippen LogP contribution in [0.4, 0.5) is 5.69 Å². The van der Waals surface area contributed by atoms with Crippen molar-refractivity contribution in [3.8, 4) is 0 Å². The van der Waals surface area contributed by atoms with Crippen LogP contribution in [0.3, 0.4) is 0 Å². The molecule has 0 amide bonds. The molecule has 1 N–H and O–H groups in total. The highest BCUT2D eigenvalue weighted by atomic mass is 15.2. The number of benzene rings is 1. The molecule has 94 valence electrons. The van der Waals surface area contributed by atoms with Gasteiger partial charge in [-0.25, -0.2) is 0 Å². The predicted octanol–water partition coefficient (Wildman–Crippen LogP) is 2.96. The lowest BCUT2D eigenvalue weighted by Crippen LogP contribution is -2.48. The van der Waals surface area contributed by atoms with Gasteiger partial charge in [0.25, 0.3) is 0 Å². The quantitative estimate of drug-likeness (QED) is 0.843. The van der Waals surface area contributed by atoms with E-state index in [0.717, 1.165) is 19.6 Å². The molecule has 0 spiro atoms. The summed E-state index contributed by atoms with van der Waals surface area (Å²) in [4.78, 5) is 2.52. The first kappa shape index (κ1) is 12.4. The van der Waals surface area contributed by atoms with Gasteiger partial charge in [-0.3, -0.25) is 0 Å². The van der Waals surface area contributed by atoms with Crippen molar-refractivity contribution in [3.05, 3.63) is 29.8 Å². The zero-order chi connectivity index (χ0) is 12.3. The van der Waals surface area contributed by atoms with Crippen LogP contribution in [-0.2, 0) is 0 Å². The fraction of sp³-hybridized carbons (Fsp3) is 0.600. The molecular formula is C15H24N2.